The molecule has 1 amide bonds. The van der Waals surface area contributed by atoms with Gasteiger partial charge in [-0.1, -0.05) is 12.8 Å². The van der Waals surface area contributed by atoms with Crippen LogP contribution >= 0.6 is 0 Å². The molecule has 1 aliphatic rings. The molecule has 0 radical (unpaired) electrons. The van der Waals surface area contributed by atoms with E-state index in [-0.39, 0.29) is 11.9 Å². The Morgan fingerprint density at radius 2 is 1.69 bits per heavy atom. The lowest BCUT2D eigenvalue weighted by Crippen LogP contribution is -2.44. The summed E-state index contributed by atoms with van der Waals surface area (Å²) in [5, 5.41) is 12.1. The van der Waals surface area contributed by atoms with Crippen molar-refractivity contribution in [1.82, 2.24) is 5.32 Å². The summed E-state index contributed by atoms with van der Waals surface area (Å²) in [6.07, 6.45) is 6.08. The Morgan fingerprint density at radius 3 is 2.23 bits per heavy atom. The van der Waals surface area contributed by atoms with E-state index in [1.807, 2.05) is 0 Å². The molecular formula is C19H25NO6. The van der Waals surface area contributed by atoms with Gasteiger partial charge < -0.3 is 24.6 Å². The summed E-state index contributed by atoms with van der Waals surface area (Å²) in [7, 11) is 4.56. The number of aliphatic carboxylic acids is 1. The SMILES string of the molecule is COc1cc(/C=C/C(=O)NC2CCCCC2C(=O)O)cc(OC)c1OC. The highest BCUT2D eigenvalue weighted by Crippen LogP contribution is 2.38. The van der Waals surface area contributed by atoms with Crippen LogP contribution in [0.15, 0.2) is 18.2 Å². The molecule has 1 aromatic carbocycles. The zero-order chi connectivity index (χ0) is 19.1. The van der Waals surface area contributed by atoms with Gasteiger partial charge in [0.1, 0.15) is 0 Å². The van der Waals surface area contributed by atoms with E-state index in [0.29, 0.717) is 35.7 Å². The van der Waals surface area contributed by atoms with Crippen LogP contribution in [0.4, 0.5) is 0 Å². The smallest absolute Gasteiger partial charge is 0.308 e. The first kappa shape index (κ1) is 19.6. The highest BCUT2D eigenvalue weighted by Gasteiger charge is 2.31. The molecule has 7 heteroatoms. The summed E-state index contributed by atoms with van der Waals surface area (Å²) >= 11 is 0. The van der Waals surface area contributed by atoms with E-state index in [1.165, 1.54) is 27.4 Å². The zero-order valence-corrected chi connectivity index (χ0v) is 15.3. The molecule has 26 heavy (non-hydrogen) atoms. The molecule has 1 saturated carbocycles. The minimum absolute atomic E-state index is 0.322. The number of carboxylic acids is 1. The van der Waals surface area contributed by atoms with E-state index in [0.717, 1.165) is 12.8 Å². The molecule has 0 bridgehead atoms. The summed E-state index contributed by atoms with van der Waals surface area (Å²) in [6, 6.07) is 3.12. The number of carbonyl (C=O) groups excluding carboxylic acids is 1. The number of ether oxygens (including phenoxy) is 3. The largest absolute Gasteiger partial charge is 0.493 e. The molecule has 2 atom stereocenters. The molecule has 0 heterocycles. The van der Waals surface area contributed by atoms with Crippen LogP contribution in [0.3, 0.4) is 0 Å². The summed E-state index contributed by atoms with van der Waals surface area (Å²) in [4.78, 5) is 23.5. The first-order valence-corrected chi connectivity index (χ1v) is 8.51. The number of hydrogen-bond donors (Lipinski definition) is 2. The zero-order valence-electron chi connectivity index (χ0n) is 15.3. The van der Waals surface area contributed by atoms with Crippen molar-refractivity contribution in [2.24, 2.45) is 5.92 Å². The third-order valence-corrected chi connectivity index (χ3v) is 4.53. The molecule has 0 aromatic heterocycles. The van der Waals surface area contributed by atoms with Crippen molar-refractivity contribution in [1.29, 1.82) is 0 Å². The number of hydrogen-bond acceptors (Lipinski definition) is 5. The number of rotatable bonds is 7. The van der Waals surface area contributed by atoms with Gasteiger partial charge in [-0.05, 0) is 36.6 Å². The molecular weight excluding hydrogens is 338 g/mol. The highest BCUT2D eigenvalue weighted by molar-refractivity contribution is 5.92. The number of nitrogens with one attached hydrogen (secondary N) is 1. The molecule has 142 valence electrons. The average molecular weight is 363 g/mol. The minimum Gasteiger partial charge on any atom is -0.493 e. The lowest BCUT2D eigenvalue weighted by atomic mass is 9.84. The molecule has 2 unspecified atom stereocenters. The fraction of sp³-hybridized carbons (Fsp3) is 0.474. The number of benzene rings is 1. The Balaban J connectivity index is 2.11. The summed E-state index contributed by atoms with van der Waals surface area (Å²) in [5.41, 5.74) is 0.702. The predicted octanol–water partition coefficient (Wildman–Crippen LogP) is 2.49. The third-order valence-electron chi connectivity index (χ3n) is 4.53. The molecule has 7 nitrogen and oxygen atoms in total. The van der Waals surface area contributed by atoms with E-state index in [2.05, 4.69) is 5.32 Å². The van der Waals surface area contributed by atoms with Crippen LogP contribution in [0.2, 0.25) is 0 Å². The number of amides is 1. The fourth-order valence-corrected chi connectivity index (χ4v) is 3.20. The van der Waals surface area contributed by atoms with Crippen LogP contribution in [-0.4, -0.2) is 44.4 Å². The third kappa shape index (κ3) is 4.68. The molecule has 1 fully saturated rings. The topological polar surface area (TPSA) is 94.1 Å². The van der Waals surface area contributed by atoms with Crippen molar-refractivity contribution < 1.29 is 28.9 Å². The Labute approximate surface area is 152 Å². The molecule has 2 N–H and O–H groups in total. The molecule has 1 aliphatic carbocycles. The summed E-state index contributed by atoms with van der Waals surface area (Å²) < 4.78 is 15.8. The van der Waals surface area contributed by atoms with Crippen molar-refractivity contribution in [3.05, 3.63) is 23.8 Å². The van der Waals surface area contributed by atoms with Crippen molar-refractivity contribution >= 4 is 18.0 Å². The molecule has 0 saturated heterocycles. The van der Waals surface area contributed by atoms with Crippen LogP contribution in [0.1, 0.15) is 31.2 Å². The Hall–Kier alpha value is -2.70. The van der Waals surface area contributed by atoms with E-state index in [4.69, 9.17) is 14.2 Å². The first-order chi connectivity index (χ1) is 12.5. The summed E-state index contributed by atoms with van der Waals surface area (Å²) in [5.74, 6) is -0.249. The van der Waals surface area contributed by atoms with Crippen LogP contribution < -0.4 is 19.5 Å². The quantitative estimate of drug-likeness (QED) is 0.723. The van der Waals surface area contributed by atoms with Crippen molar-refractivity contribution in [3.8, 4) is 17.2 Å². The number of carbonyl (C=O) groups is 2. The molecule has 0 aliphatic heterocycles. The van der Waals surface area contributed by atoms with Gasteiger partial charge in [0.15, 0.2) is 11.5 Å². The van der Waals surface area contributed by atoms with Crippen LogP contribution in [0, 0.1) is 5.92 Å². The van der Waals surface area contributed by atoms with Gasteiger partial charge in [0.05, 0.1) is 27.2 Å². The second kappa shape index (κ2) is 9.12. The molecule has 2 rings (SSSR count). The maximum Gasteiger partial charge on any atom is 0.308 e. The Bertz CT molecular complexity index is 660. The van der Waals surface area contributed by atoms with Gasteiger partial charge in [0, 0.05) is 12.1 Å². The van der Waals surface area contributed by atoms with E-state index in [9.17, 15) is 14.7 Å². The van der Waals surface area contributed by atoms with Gasteiger partial charge in [-0.3, -0.25) is 9.59 Å². The predicted molar refractivity (Wildman–Crippen MR) is 96.7 cm³/mol. The average Bonchev–Trinajstić information content (AvgIpc) is 2.65. The second-order valence-corrected chi connectivity index (χ2v) is 6.14. The van der Waals surface area contributed by atoms with E-state index >= 15 is 0 Å². The van der Waals surface area contributed by atoms with Crippen LogP contribution in [0.5, 0.6) is 17.2 Å². The highest BCUT2D eigenvalue weighted by atomic mass is 16.5. The van der Waals surface area contributed by atoms with Crippen molar-refractivity contribution in [3.63, 3.8) is 0 Å². The fourth-order valence-electron chi connectivity index (χ4n) is 3.20. The first-order valence-electron chi connectivity index (χ1n) is 8.51. The summed E-state index contributed by atoms with van der Waals surface area (Å²) in [6.45, 7) is 0. The standard InChI is InChI=1S/C19H25NO6/c1-24-15-10-12(11-16(25-2)18(15)26-3)8-9-17(21)20-14-7-5-4-6-13(14)19(22)23/h8-11,13-14H,4-7H2,1-3H3,(H,20,21)(H,22,23)/b9-8+. The lowest BCUT2D eigenvalue weighted by Gasteiger charge is -2.28. The molecule has 1 aromatic rings. The minimum atomic E-state index is -0.858. The van der Waals surface area contributed by atoms with Gasteiger partial charge in [0.2, 0.25) is 11.7 Å². The number of methoxy groups -OCH3 is 3. The lowest BCUT2D eigenvalue weighted by molar-refractivity contribution is -0.144. The van der Waals surface area contributed by atoms with Gasteiger partial charge >= 0.3 is 5.97 Å². The van der Waals surface area contributed by atoms with Crippen molar-refractivity contribution in [2.45, 2.75) is 31.7 Å². The van der Waals surface area contributed by atoms with Crippen LogP contribution in [0.25, 0.3) is 6.08 Å². The monoisotopic (exact) mass is 363 g/mol. The van der Waals surface area contributed by atoms with E-state index in [1.54, 1.807) is 18.2 Å². The van der Waals surface area contributed by atoms with Gasteiger partial charge in [-0.15, -0.1) is 0 Å². The Kier molecular flexibility index (Phi) is 6.89. The van der Waals surface area contributed by atoms with Gasteiger partial charge in [0.25, 0.3) is 0 Å². The maximum absolute atomic E-state index is 12.2. The van der Waals surface area contributed by atoms with Gasteiger partial charge in [-0.25, -0.2) is 0 Å². The maximum atomic E-state index is 12.2. The Morgan fingerprint density at radius 1 is 1.08 bits per heavy atom. The van der Waals surface area contributed by atoms with Gasteiger partial charge in [-0.2, -0.15) is 0 Å². The molecule has 0 spiro atoms. The van der Waals surface area contributed by atoms with Crippen LogP contribution in [-0.2, 0) is 9.59 Å². The second-order valence-electron chi connectivity index (χ2n) is 6.14. The van der Waals surface area contributed by atoms with Crippen molar-refractivity contribution in [2.75, 3.05) is 21.3 Å². The van der Waals surface area contributed by atoms with E-state index < -0.39 is 11.9 Å². The number of carboxylic acid groups (broad SMARTS) is 1. The normalized spacial score (nSPS) is 19.8.